The summed E-state index contributed by atoms with van der Waals surface area (Å²) in [6.07, 6.45) is 10.9. The lowest BCUT2D eigenvalue weighted by Crippen LogP contribution is -2.14. The van der Waals surface area contributed by atoms with E-state index in [2.05, 4.69) is 45.8 Å². The number of nitrogens with one attached hydrogen (secondary N) is 2. The van der Waals surface area contributed by atoms with E-state index in [4.69, 9.17) is 0 Å². The first-order valence-corrected chi connectivity index (χ1v) is 11.8. The van der Waals surface area contributed by atoms with E-state index >= 15 is 0 Å². The first-order valence-electron chi connectivity index (χ1n) is 11.0. The number of rotatable bonds is 2. The third kappa shape index (κ3) is 3.67. The third-order valence-corrected chi connectivity index (χ3v) is 6.56. The van der Waals surface area contributed by atoms with E-state index in [-0.39, 0.29) is 0 Å². The SMILES string of the molecule is Brc1cnc2c3cc[nH]c3ncn12.CC(C)(O)c1ccc(-c2cnc3c4cc[nH]c4ncn23)cc1. The fraction of sp³-hybridized carbons (Fsp3) is 0.120. The fourth-order valence-corrected chi connectivity index (χ4v) is 4.48. The minimum atomic E-state index is -0.836. The largest absolute Gasteiger partial charge is 0.386 e. The zero-order valence-corrected chi connectivity index (χ0v) is 20.5. The van der Waals surface area contributed by atoms with Gasteiger partial charge in [-0.25, -0.2) is 19.9 Å². The van der Waals surface area contributed by atoms with Crippen LogP contribution in [0.2, 0.25) is 0 Å². The molecule has 35 heavy (non-hydrogen) atoms. The summed E-state index contributed by atoms with van der Waals surface area (Å²) in [6.45, 7) is 3.56. The van der Waals surface area contributed by atoms with Crippen LogP contribution in [0, 0.1) is 0 Å². The Labute approximate surface area is 207 Å². The molecule has 0 saturated heterocycles. The molecule has 0 bridgehead atoms. The van der Waals surface area contributed by atoms with Gasteiger partial charge in [-0.1, -0.05) is 24.3 Å². The van der Waals surface area contributed by atoms with Crippen LogP contribution in [0.25, 0.3) is 44.6 Å². The number of nitrogens with zero attached hydrogens (tertiary/aromatic N) is 6. The lowest BCUT2D eigenvalue weighted by molar-refractivity contribution is 0.0786. The highest BCUT2D eigenvalue weighted by Gasteiger charge is 2.16. The number of H-pyrrole nitrogens is 2. The van der Waals surface area contributed by atoms with Gasteiger partial charge in [-0.3, -0.25) is 8.80 Å². The van der Waals surface area contributed by atoms with Crippen molar-refractivity contribution in [3.05, 3.63) is 84.0 Å². The maximum absolute atomic E-state index is 10.0. The highest BCUT2D eigenvalue weighted by atomic mass is 79.9. The smallest absolute Gasteiger partial charge is 0.149 e. The average Bonchev–Trinajstić information content (AvgIpc) is 3.63. The van der Waals surface area contributed by atoms with E-state index in [9.17, 15) is 5.11 Å². The van der Waals surface area contributed by atoms with E-state index in [1.165, 1.54) is 0 Å². The predicted molar refractivity (Wildman–Crippen MR) is 138 cm³/mol. The summed E-state index contributed by atoms with van der Waals surface area (Å²) in [5.74, 6) is 0. The maximum Gasteiger partial charge on any atom is 0.149 e. The zero-order valence-electron chi connectivity index (χ0n) is 18.9. The second kappa shape index (κ2) is 8.03. The molecule has 0 fully saturated rings. The Balaban J connectivity index is 0.000000149. The van der Waals surface area contributed by atoms with E-state index in [0.29, 0.717) is 0 Å². The van der Waals surface area contributed by atoms with Crippen LogP contribution in [0.5, 0.6) is 0 Å². The molecule has 0 radical (unpaired) electrons. The molecule has 0 unspecified atom stereocenters. The Kier molecular flexibility index (Phi) is 4.94. The van der Waals surface area contributed by atoms with Crippen LogP contribution in [0.4, 0.5) is 0 Å². The van der Waals surface area contributed by atoms with Gasteiger partial charge >= 0.3 is 0 Å². The molecule has 174 valence electrons. The lowest BCUT2D eigenvalue weighted by Gasteiger charge is -2.17. The molecule has 0 aliphatic heterocycles. The first-order chi connectivity index (χ1) is 16.9. The Morgan fingerprint density at radius 1 is 0.771 bits per heavy atom. The van der Waals surface area contributed by atoms with Gasteiger partial charge in [0.2, 0.25) is 0 Å². The van der Waals surface area contributed by atoms with Crippen LogP contribution in [0.3, 0.4) is 0 Å². The van der Waals surface area contributed by atoms with Crippen molar-refractivity contribution in [2.24, 2.45) is 0 Å². The van der Waals surface area contributed by atoms with Crippen molar-refractivity contribution in [2.75, 3.05) is 0 Å². The Bertz CT molecular complexity index is 1800. The molecular weight excluding hydrogens is 508 g/mol. The van der Waals surface area contributed by atoms with Crippen LogP contribution in [-0.4, -0.2) is 43.8 Å². The Morgan fingerprint density at radius 2 is 1.34 bits per heavy atom. The molecule has 0 aliphatic rings. The van der Waals surface area contributed by atoms with E-state index in [0.717, 1.165) is 54.8 Å². The van der Waals surface area contributed by atoms with Crippen LogP contribution in [-0.2, 0) is 5.60 Å². The molecule has 9 nitrogen and oxygen atoms in total. The molecule has 0 spiro atoms. The predicted octanol–water partition coefficient (Wildman–Crippen LogP) is 5.08. The van der Waals surface area contributed by atoms with Crippen LogP contribution in [0.15, 0.2) is 78.4 Å². The van der Waals surface area contributed by atoms with Gasteiger partial charge in [0, 0.05) is 18.0 Å². The van der Waals surface area contributed by atoms with Crippen molar-refractivity contribution in [1.29, 1.82) is 0 Å². The summed E-state index contributed by atoms with van der Waals surface area (Å²) in [6, 6.07) is 11.8. The molecule has 6 aromatic heterocycles. The highest BCUT2D eigenvalue weighted by molar-refractivity contribution is 9.10. The van der Waals surface area contributed by atoms with Crippen LogP contribution in [0.1, 0.15) is 19.4 Å². The number of aliphatic hydroxyl groups is 1. The molecule has 0 saturated carbocycles. The standard InChI is InChI=1S/C17H16N4O.C8H5BrN4/c1-17(2,22)12-5-3-11(4-6-12)14-9-19-16-13-7-8-18-15(13)20-10-21(14)16;9-6-3-11-8-5-1-2-10-7(5)12-4-13(6)8/h3-10,18,22H,1-2H3;1-4,10H. The number of imidazole rings is 2. The summed E-state index contributed by atoms with van der Waals surface area (Å²) in [5.41, 5.74) is 5.57. The molecule has 0 amide bonds. The molecular formula is C25H21BrN8O. The second-order valence-electron chi connectivity index (χ2n) is 8.72. The van der Waals surface area contributed by atoms with Crippen LogP contribution < -0.4 is 0 Å². The molecule has 7 rings (SSSR count). The van der Waals surface area contributed by atoms with Crippen LogP contribution >= 0.6 is 15.9 Å². The van der Waals surface area contributed by atoms with Crippen molar-refractivity contribution in [1.82, 2.24) is 38.7 Å². The average molecular weight is 529 g/mol. The summed E-state index contributed by atoms with van der Waals surface area (Å²) >= 11 is 3.39. The number of hydrogen-bond donors (Lipinski definition) is 3. The third-order valence-electron chi connectivity index (χ3n) is 5.97. The molecule has 1 aromatic carbocycles. The monoisotopic (exact) mass is 528 g/mol. The van der Waals surface area contributed by atoms with Gasteiger partial charge in [0.15, 0.2) is 0 Å². The van der Waals surface area contributed by atoms with Gasteiger partial charge in [-0.15, -0.1) is 0 Å². The van der Waals surface area contributed by atoms with Crippen molar-refractivity contribution >= 4 is 49.3 Å². The molecule has 7 aromatic rings. The van der Waals surface area contributed by atoms with Gasteiger partial charge in [-0.05, 0) is 47.5 Å². The van der Waals surface area contributed by atoms with Gasteiger partial charge in [0.1, 0.15) is 39.8 Å². The number of hydrogen-bond acceptors (Lipinski definition) is 5. The molecule has 6 heterocycles. The van der Waals surface area contributed by atoms with Gasteiger partial charge < -0.3 is 15.1 Å². The highest BCUT2D eigenvalue weighted by Crippen LogP contribution is 2.27. The Morgan fingerprint density at radius 3 is 1.97 bits per heavy atom. The quantitative estimate of drug-likeness (QED) is 0.289. The summed E-state index contributed by atoms with van der Waals surface area (Å²) in [5, 5.41) is 12.1. The van der Waals surface area contributed by atoms with Gasteiger partial charge in [-0.2, -0.15) is 0 Å². The maximum atomic E-state index is 10.0. The molecule has 3 N–H and O–H groups in total. The van der Waals surface area contributed by atoms with Gasteiger partial charge in [0.25, 0.3) is 0 Å². The number of aromatic amines is 2. The zero-order chi connectivity index (χ0) is 24.2. The summed E-state index contributed by atoms with van der Waals surface area (Å²) in [4.78, 5) is 23.6. The van der Waals surface area contributed by atoms with Gasteiger partial charge in [0.05, 0.1) is 34.5 Å². The topological polar surface area (TPSA) is 112 Å². The molecule has 10 heteroatoms. The number of fused-ring (bicyclic) bond motifs is 6. The van der Waals surface area contributed by atoms with E-state index in [1.54, 1.807) is 32.7 Å². The molecule has 0 aliphatic carbocycles. The number of benzene rings is 1. The number of aromatic nitrogens is 8. The molecule has 0 atom stereocenters. The van der Waals surface area contributed by atoms with Crippen molar-refractivity contribution in [3.63, 3.8) is 0 Å². The van der Waals surface area contributed by atoms with Crippen molar-refractivity contribution < 1.29 is 5.11 Å². The lowest BCUT2D eigenvalue weighted by atomic mass is 9.97. The summed E-state index contributed by atoms with van der Waals surface area (Å²) < 4.78 is 4.80. The van der Waals surface area contributed by atoms with Crippen molar-refractivity contribution in [3.8, 4) is 11.3 Å². The fourth-order valence-electron chi connectivity index (χ4n) is 4.12. The first kappa shape index (κ1) is 21.5. The minimum absolute atomic E-state index is 0.835. The number of halogens is 1. The Hall–Kier alpha value is -4.02. The van der Waals surface area contributed by atoms with E-state index < -0.39 is 5.60 Å². The second-order valence-corrected chi connectivity index (χ2v) is 9.53. The normalized spacial score (nSPS) is 12.0. The summed E-state index contributed by atoms with van der Waals surface area (Å²) in [7, 11) is 0. The minimum Gasteiger partial charge on any atom is -0.386 e. The van der Waals surface area contributed by atoms with Crippen molar-refractivity contribution in [2.45, 2.75) is 19.4 Å². The van der Waals surface area contributed by atoms with E-state index in [1.807, 2.05) is 63.8 Å².